The maximum absolute atomic E-state index is 6.88. The minimum atomic E-state index is -0.0913. The van der Waals surface area contributed by atoms with Gasteiger partial charge in [-0.15, -0.1) is 0 Å². The zero-order valence-corrected chi connectivity index (χ0v) is 26.2. The SMILES string of the molecule is c1ccc(N2c3cccc4c3B(c3oc5cccnc5c32)c2cccc3c5c(ccc6c7ccccc7n(-c7ccccc7)c65)n-4c23)cc1. The molecule has 4 aromatic heterocycles. The predicted molar refractivity (Wildman–Crippen MR) is 202 cm³/mol. The third-order valence-corrected chi connectivity index (χ3v) is 10.7. The quantitative estimate of drug-likeness (QED) is 0.181. The molecule has 0 aliphatic carbocycles. The van der Waals surface area contributed by atoms with E-state index in [0.717, 1.165) is 39.5 Å². The summed E-state index contributed by atoms with van der Waals surface area (Å²) in [4.78, 5) is 7.24. The van der Waals surface area contributed by atoms with E-state index in [1.54, 1.807) is 0 Å². The molecular formula is C43H25BN4O. The van der Waals surface area contributed by atoms with Gasteiger partial charge in [0.2, 0.25) is 0 Å². The van der Waals surface area contributed by atoms with E-state index in [2.05, 4.69) is 147 Å². The Kier molecular flexibility index (Phi) is 4.74. The number of nitrogens with zero attached hydrogens (tertiary/aromatic N) is 4. The van der Waals surface area contributed by atoms with Crippen molar-refractivity contribution >= 4 is 95.1 Å². The molecule has 0 saturated carbocycles. The van der Waals surface area contributed by atoms with Gasteiger partial charge in [0.15, 0.2) is 5.58 Å². The second-order valence-electron chi connectivity index (χ2n) is 13.1. The average molecular weight is 625 g/mol. The molecule has 0 radical (unpaired) electrons. The van der Waals surface area contributed by atoms with E-state index in [0.29, 0.717) is 0 Å². The smallest absolute Gasteiger partial charge is 0.297 e. The minimum absolute atomic E-state index is 0.0913. The molecule has 0 saturated heterocycles. The lowest BCUT2D eigenvalue weighted by atomic mass is 9.36. The number of rotatable bonds is 2. The largest absolute Gasteiger partial charge is 0.466 e. The van der Waals surface area contributed by atoms with Crippen molar-refractivity contribution in [1.29, 1.82) is 0 Å². The summed E-state index contributed by atoms with van der Waals surface area (Å²) in [7, 11) is 0. The van der Waals surface area contributed by atoms with Crippen molar-refractivity contribution in [3.63, 3.8) is 0 Å². The van der Waals surface area contributed by atoms with Gasteiger partial charge < -0.3 is 18.5 Å². The van der Waals surface area contributed by atoms with Gasteiger partial charge in [-0.25, -0.2) is 0 Å². The van der Waals surface area contributed by atoms with Crippen molar-refractivity contribution < 1.29 is 4.42 Å². The minimum Gasteiger partial charge on any atom is -0.466 e. The Labute approximate surface area is 280 Å². The first-order valence-corrected chi connectivity index (χ1v) is 16.8. The molecule has 0 spiro atoms. The summed E-state index contributed by atoms with van der Waals surface area (Å²) < 4.78 is 11.8. The maximum atomic E-state index is 6.88. The predicted octanol–water partition coefficient (Wildman–Crippen LogP) is 8.63. The molecule has 0 unspecified atom stereocenters. The van der Waals surface area contributed by atoms with E-state index in [1.807, 2.05) is 18.3 Å². The van der Waals surface area contributed by atoms with Crippen LogP contribution >= 0.6 is 0 Å². The second kappa shape index (κ2) is 9.09. The van der Waals surface area contributed by atoms with Crippen LogP contribution in [0.1, 0.15) is 0 Å². The lowest BCUT2D eigenvalue weighted by molar-refractivity contribution is 0.650. The first-order valence-electron chi connectivity index (χ1n) is 16.8. The van der Waals surface area contributed by atoms with Gasteiger partial charge in [-0.05, 0) is 71.6 Å². The molecule has 226 valence electrons. The summed E-state index contributed by atoms with van der Waals surface area (Å²) >= 11 is 0. The van der Waals surface area contributed by atoms with E-state index in [1.165, 1.54) is 60.2 Å². The van der Waals surface area contributed by atoms with Gasteiger partial charge in [0.1, 0.15) is 16.9 Å². The highest BCUT2D eigenvalue weighted by Gasteiger charge is 2.45. The topological polar surface area (TPSA) is 39.1 Å². The summed E-state index contributed by atoms with van der Waals surface area (Å²) in [6, 6.07) is 52.4. The van der Waals surface area contributed by atoms with Gasteiger partial charge in [0.05, 0.1) is 16.6 Å². The first-order chi connectivity index (χ1) is 24.4. The zero-order chi connectivity index (χ0) is 31.8. The third-order valence-electron chi connectivity index (χ3n) is 10.7. The highest BCUT2D eigenvalue weighted by atomic mass is 16.3. The Bertz CT molecular complexity index is 3010. The van der Waals surface area contributed by atoms with Gasteiger partial charge in [-0.3, -0.25) is 4.98 Å². The Morgan fingerprint density at radius 3 is 2.16 bits per heavy atom. The Morgan fingerprint density at radius 1 is 0.531 bits per heavy atom. The highest BCUT2D eigenvalue weighted by molar-refractivity contribution is 6.99. The number of hydrogen-bond acceptors (Lipinski definition) is 3. The van der Waals surface area contributed by atoms with Crippen LogP contribution < -0.4 is 21.5 Å². The molecule has 0 atom stereocenters. The van der Waals surface area contributed by atoms with Gasteiger partial charge in [-0.1, -0.05) is 84.9 Å². The lowest BCUT2D eigenvalue weighted by Gasteiger charge is -2.37. The number of para-hydroxylation sites is 4. The van der Waals surface area contributed by atoms with Gasteiger partial charge in [0.25, 0.3) is 6.71 Å². The fourth-order valence-electron chi connectivity index (χ4n) is 8.93. The number of fused-ring (bicyclic) bond motifs is 13. The van der Waals surface area contributed by atoms with Crippen molar-refractivity contribution in [3.05, 3.63) is 152 Å². The normalized spacial score (nSPS) is 13.2. The van der Waals surface area contributed by atoms with Gasteiger partial charge >= 0.3 is 0 Å². The van der Waals surface area contributed by atoms with Crippen LogP contribution in [0.3, 0.4) is 0 Å². The van der Waals surface area contributed by atoms with E-state index in [9.17, 15) is 0 Å². The molecule has 6 heterocycles. The second-order valence-corrected chi connectivity index (χ2v) is 13.1. The number of pyridine rings is 1. The number of benzene rings is 6. The van der Waals surface area contributed by atoms with Crippen LogP contribution in [0.4, 0.5) is 17.1 Å². The van der Waals surface area contributed by atoms with Gasteiger partial charge in [-0.2, -0.15) is 0 Å². The molecule has 10 aromatic rings. The van der Waals surface area contributed by atoms with Crippen LogP contribution in [0.2, 0.25) is 0 Å². The third kappa shape index (κ3) is 3.10. The molecule has 0 bridgehead atoms. The molecule has 6 heteroatoms. The average Bonchev–Trinajstić information content (AvgIpc) is 3.82. The number of anilines is 3. The van der Waals surface area contributed by atoms with Crippen LogP contribution in [-0.4, -0.2) is 20.8 Å². The molecule has 49 heavy (non-hydrogen) atoms. The Morgan fingerprint density at radius 2 is 1.29 bits per heavy atom. The molecule has 2 aliphatic heterocycles. The number of furan rings is 1. The highest BCUT2D eigenvalue weighted by Crippen LogP contribution is 2.46. The standard InChI is InChI=1S/C43H25BN4O/c1-3-12-26(13-4-1)46-32-19-8-7-16-28(32)29-23-24-33-37(41(29)46)30-17-9-18-31-40(30)48(33)35-21-10-20-34-38(35)44(31)43-42(39-36(49-43)22-11-25-45-39)47(34)27-14-5-2-6-15-27/h1-25H. The summed E-state index contributed by atoms with van der Waals surface area (Å²) in [6.45, 7) is -0.0913. The Hall–Kier alpha value is -6.53. The number of hydrogen-bond donors (Lipinski definition) is 0. The van der Waals surface area contributed by atoms with Crippen LogP contribution in [0, 0.1) is 0 Å². The monoisotopic (exact) mass is 624 g/mol. The fraction of sp³-hybridized carbons (Fsp3) is 0. The van der Waals surface area contributed by atoms with Crippen LogP contribution in [0.15, 0.2) is 156 Å². The summed E-state index contributed by atoms with van der Waals surface area (Å²) in [6.07, 6.45) is 1.86. The molecular weight excluding hydrogens is 599 g/mol. The molecule has 6 aromatic carbocycles. The van der Waals surface area contributed by atoms with E-state index >= 15 is 0 Å². The van der Waals surface area contributed by atoms with Crippen LogP contribution in [0.25, 0.3) is 66.1 Å². The van der Waals surface area contributed by atoms with Crippen LogP contribution in [-0.2, 0) is 0 Å². The molecule has 12 rings (SSSR count). The van der Waals surface area contributed by atoms with E-state index < -0.39 is 0 Å². The lowest BCUT2D eigenvalue weighted by Crippen LogP contribution is -2.59. The summed E-state index contributed by atoms with van der Waals surface area (Å²) in [5, 5.41) is 5.02. The van der Waals surface area contributed by atoms with Gasteiger partial charge in [0, 0.05) is 56.0 Å². The van der Waals surface area contributed by atoms with E-state index in [4.69, 9.17) is 9.40 Å². The molecule has 0 amide bonds. The molecule has 0 fully saturated rings. The fourth-order valence-corrected chi connectivity index (χ4v) is 8.93. The van der Waals surface area contributed by atoms with Crippen molar-refractivity contribution in [3.8, 4) is 11.4 Å². The van der Waals surface area contributed by atoms with Crippen LogP contribution in [0.5, 0.6) is 0 Å². The first kappa shape index (κ1) is 25.6. The van der Waals surface area contributed by atoms with Crippen molar-refractivity contribution in [1.82, 2.24) is 14.1 Å². The molecule has 2 aliphatic rings. The molecule has 0 N–H and O–H groups in total. The van der Waals surface area contributed by atoms with Crippen molar-refractivity contribution in [2.75, 3.05) is 4.90 Å². The molecule has 5 nitrogen and oxygen atoms in total. The number of aromatic nitrogens is 3. The zero-order valence-electron chi connectivity index (χ0n) is 26.2. The maximum Gasteiger partial charge on any atom is 0.297 e. The van der Waals surface area contributed by atoms with Crippen molar-refractivity contribution in [2.24, 2.45) is 0 Å². The summed E-state index contributed by atoms with van der Waals surface area (Å²) in [5.41, 5.74) is 15.6. The van der Waals surface area contributed by atoms with Crippen molar-refractivity contribution in [2.45, 2.75) is 0 Å². The Balaban J connectivity index is 1.28. The van der Waals surface area contributed by atoms with E-state index in [-0.39, 0.29) is 6.71 Å². The summed E-state index contributed by atoms with van der Waals surface area (Å²) in [5.74, 6) is 0.